The van der Waals surface area contributed by atoms with Crippen LogP contribution in [-0.2, 0) is 49.6 Å². The molecule has 480 valence electrons. The van der Waals surface area contributed by atoms with Gasteiger partial charge in [-0.05, 0) is 123 Å². The predicted molar refractivity (Wildman–Crippen MR) is 345 cm³/mol. The van der Waals surface area contributed by atoms with Crippen LogP contribution in [-0.4, -0.2) is 191 Å². The Bertz CT molecular complexity index is 3210. The van der Waals surface area contributed by atoms with Crippen molar-refractivity contribution in [3.8, 4) is 11.5 Å². The first kappa shape index (κ1) is 67.4. The van der Waals surface area contributed by atoms with E-state index in [-0.39, 0.29) is 96.5 Å². The summed E-state index contributed by atoms with van der Waals surface area (Å²) >= 11 is 0. The van der Waals surface area contributed by atoms with Gasteiger partial charge >= 0.3 is 0 Å². The third kappa shape index (κ3) is 20.8. The number of fused-ring (bicyclic) bond motifs is 2. The van der Waals surface area contributed by atoms with Gasteiger partial charge in [-0.1, -0.05) is 60.7 Å². The van der Waals surface area contributed by atoms with E-state index in [9.17, 15) is 49.2 Å². The molecular weight excluding hydrogens is 1130 g/mol. The number of H-pyrrole nitrogens is 2. The molecule has 21 nitrogen and oxygen atoms in total. The first-order chi connectivity index (χ1) is 42.8. The van der Waals surface area contributed by atoms with Gasteiger partial charge in [-0.3, -0.25) is 28.8 Å². The molecule has 0 saturated carbocycles. The first-order valence-corrected chi connectivity index (χ1v) is 31.6. The van der Waals surface area contributed by atoms with Gasteiger partial charge in [-0.15, -0.1) is 0 Å². The van der Waals surface area contributed by atoms with Crippen LogP contribution in [0.3, 0.4) is 0 Å². The Morgan fingerprint density at radius 2 is 0.966 bits per heavy atom. The maximum Gasteiger partial charge on any atom is 0.248 e. The number of aromatic nitrogens is 2. The van der Waals surface area contributed by atoms with Gasteiger partial charge in [0, 0.05) is 140 Å². The summed E-state index contributed by atoms with van der Waals surface area (Å²) in [6.45, 7) is 11.6. The molecule has 6 aromatic rings. The number of hydrogen-bond acceptors (Lipinski definition) is 15. The third-order valence-corrected chi connectivity index (χ3v) is 17.2. The molecule has 0 radical (unpaired) electrons. The maximum absolute atomic E-state index is 13.1. The Kier molecular flexibility index (Phi) is 25.3. The van der Waals surface area contributed by atoms with Gasteiger partial charge in [0.05, 0.1) is 48.3 Å². The van der Waals surface area contributed by atoms with E-state index in [1.54, 1.807) is 34.1 Å². The molecule has 0 unspecified atom stereocenters. The number of carbonyl (C=O) groups excluding carboxylic acids is 4. The quantitative estimate of drug-likeness (QED) is 0.0256. The average molecular weight is 1230 g/mol. The molecule has 0 aliphatic carbocycles. The number of amides is 4. The zero-order valence-electron chi connectivity index (χ0n) is 52.1. The molecule has 2 aliphatic heterocycles. The summed E-state index contributed by atoms with van der Waals surface area (Å²) in [6, 6.07) is 28.0. The molecular formula is C68H92N10O11. The largest absolute Gasteiger partial charge is 0.506 e. The van der Waals surface area contributed by atoms with E-state index in [1.807, 2.05) is 76.5 Å². The lowest BCUT2D eigenvalue weighted by Crippen LogP contribution is -2.43. The fraction of sp³-hybridized carbons (Fsp3) is 0.500. The van der Waals surface area contributed by atoms with Crippen LogP contribution in [0.4, 0.5) is 0 Å². The van der Waals surface area contributed by atoms with Crippen LogP contribution < -0.4 is 32.4 Å². The molecule has 21 heteroatoms. The highest BCUT2D eigenvalue weighted by molar-refractivity contribution is 5.88. The monoisotopic (exact) mass is 1220 g/mol. The van der Waals surface area contributed by atoms with Crippen molar-refractivity contribution >= 4 is 45.4 Å². The lowest BCUT2D eigenvalue weighted by Gasteiger charge is -2.37. The highest BCUT2D eigenvalue weighted by Gasteiger charge is 2.27. The number of aliphatic hydroxyl groups excluding tert-OH is 2. The highest BCUT2D eigenvalue weighted by Crippen LogP contribution is 2.30. The van der Waals surface area contributed by atoms with Crippen molar-refractivity contribution in [2.45, 2.75) is 127 Å². The number of phenolic OH excluding ortho intramolecular Hbond substituents is 2. The number of piperidine rings is 2. The van der Waals surface area contributed by atoms with Crippen molar-refractivity contribution in [3.63, 3.8) is 0 Å². The molecule has 2 saturated heterocycles. The number of phenols is 2. The number of aromatic hydroxyl groups is 2. The minimum Gasteiger partial charge on any atom is -0.506 e. The van der Waals surface area contributed by atoms with E-state index in [2.05, 4.69) is 41.0 Å². The summed E-state index contributed by atoms with van der Waals surface area (Å²) < 4.78 is 6.58. The van der Waals surface area contributed by atoms with E-state index in [1.165, 1.54) is 24.3 Å². The summed E-state index contributed by atoms with van der Waals surface area (Å²) in [4.78, 5) is 89.0. The minimum absolute atomic E-state index is 0.0143. The van der Waals surface area contributed by atoms with Crippen molar-refractivity contribution in [2.75, 3.05) is 92.6 Å². The number of benzene rings is 4. The summed E-state index contributed by atoms with van der Waals surface area (Å²) in [5.74, 6) is -0.0916. The topological polar surface area (TPSA) is 285 Å². The summed E-state index contributed by atoms with van der Waals surface area (Å²) in [7, 11) is 3.64. The Labute approximate surface area is 521 Å². The van der Waals surface area contributed by atoms with Gasteiger partial charge in [0.15, 0.2) is 0 Å². The van der Waals surface area contributed by atoms with Gasteiger partial charge in [0.25, 0.3) is 0 Å². The molecule has 4 heterocycles. The zero-order valence-corrected chi connectivity index (χ0v) is 52.1. The predicted octanol–water partition coefficient (Wildman–Crippen LogP) is 4.73. The van der Waals surface area contributed by atoms with Crippen molar-refractivity contribution in [1.29, 1.82) is 0 Å². The fourth-order valence-corrected chi connectivity index (χ4v) is 12.1. The average Bonchev–Trinajstić information content (AvgIpc) is 2.54. The van der Waals surface area contributed by atoms with Gasteiger partial charge in [-0.2, -0.15) is 0 Å². The smallest absolute Gasteiger partial charge is 0.248 e. The lowest BCUT2D eigenvalue weighted by atomic mass is 10.0. The molecule has 8 rings (SSSR count). The molecule has 0 bridgehead atoms. The van der Waals surface area contributed by atoms with Gasteiger partial charge in [0.2, 0.25) is 34.7 Å². The number of carbonyl (C=O) groups is 4. The van der Waals surface area contributed by atoms with E-state index < -0.39 is 12.2 Å². The second-order valence-electron chi connectivity index (χ2n) is 24.4. The van der Waals surface area contributed by atoms with Crippen LogP contribution in [0.1, 0.15) is 111 Å². The molecule has 4 aromatic carbocycles. The van der Waals surface area contributed by atoms with Crippen LogP contribution in [0.15, 0.2) is 107 Å². The number of nitrogens with one attached hydrogen (secondary N) is 6. The Balaban J connectivity index is 0.611. The van der Waals surface area contributed by atoms with Crippen molar-refractivity contribution in [1.82, 2.24) is 50.8 Å². The fourth-order valence-electron chi connectivity index (χ4n) is 12.1. The molecule has 0 spiro atoms. The Hall–Kier alpha value is -7.50. The van der Waals surface area contributed by atoms with Crippen molar-refractivity contribution in [3.05, 3.63) is 151 Å². The molecule has 4 amide bonds. The molecule has 2 aromatic heterocycles. The van der Waals surface area contributed by atoms with Crippen LogP contribution in [0.5, 0.6) is 11.5 Å². The second-order valence-corrected chi connectivity index (χ2v) is 24.4. The molecule has 4 atom stereocenters. The number of ether oxygens (including phenoxy) is 1. The second kappa shape index (κ2) is 33.4. The number of aliphatic hydroxyl groups is 2. The first-order valence-electron chi connectivity index (χ1n) is 31.6. The van der Waals surface area contributed by atoms with Gasteiger partial charge in [0.1, 0.15) is 11.5 Å². The number of likely N-dealkylation sites (tertiary alicyclic amines) is 2. The minimum atomic E-state index is -0.866. The summed E-state index contributed by atoms with van der Waals surface area (Å²) in [6.07, 6.45) is 6.45. The highest BCUT2D eigenvalue weighted by atomic mass is 16.5. The molecule has 89 heavy (non-hydrogen) atoms. The summed E-state index contributed by atoms with van der Waals surface area (Å²) in [5.41, 5.74) is 5.04. The van der Waals surface area contributed by atoms with Gasteiger partial charge in [-0.25, -0.2) is 0 Å². The zero-order chi connectivity index (χ0) is 63.4. The third-order valence-electron chi connectivity index (χ3n) is 17.2. The van der Waals surface area contributed by atoms with Crippen LogP contribution in [0.2, 0.25) is 0 Å². The van der Waals surface area contributed by atoms with Crippen molar-refractivity contribution < 1.29 is 44.3 Å². The van der Waals surface area contributed by atoms with Crippen molar-refractivity contribution in [2.24, 2.45) is 0 Å². The van der Waals surface area contributed by atoms with E-state index in [4.69, 9.17) is 4.74 Å². The van der Waals surface area contributed by atoms with E-state index in [0.29, 0.717) is 111 Å². The Morgan fingerprint density at radius 3 is 1.37 bits per heavy atom. The van der Waals surface area contributed by atoms with Gasteiger partial charge < -0.3 is 76.0 Å². The number of pyridine rings is 2. The molecule has 2 fully saturated rings. The van der Waals surface area contributed by atoms with Crippen LogP contribution >= 0.6 is 0 Å². The van der Waals surface area contributed by atoms with Crippen LogP contribution in [0, 0.1) is 0 Å². The van der Waals surface area contributed by atoms with E-state index >= 15 is 0 Å². The van der Waals surface area contributed by atoms with E-state index in [0.717, 1.165) is 74.1 Å². The number of aromatic amines is 2. The maximum atomic E-state index is 13.1. The Morgan fingerprint density at radius 1 is 0.573 bits per heavy atom. The number of nitrogens with zero attached hydrogens (tertiary/aromatic N) is 4. The normalized spacial score (nSPS) is 15.8. The van der Waals surface area contributed by atoms with Crippen LogP contribution in [0.25, 0.3) is 21.8 Å². The molecule has 10 N–H and O–H groups in total. The number of hydrogen-bond donors (Lipinski definition) is 10. The molecule has 2 aliphatic rings. The standard InChI is InChI=1S/C68H92N10O11/c1-45(71-43-59(81)53-13-17-57(79)67-55(53)15-19-61(83)73-67)37-47-9-5-11-49(39-47)41-63(85)69-27-7-29-75(3)65(87)25-35-77-31-21-51(22-32-77)89-52-23-33-78(34-24-52)36-26-66(88)76(4)30-8-28-70-64(86)42-50-12-6-10-48(40-50)38-46(2)72-44-60(82)54-14-18-58(80)68-56(54)16-20-62(84)74-68/h5-6,9-20,39-40,45-46,51-52,59-60,71-72,79-82H,7-8,21-38,41-44H2,1-4H3,(H,69,85)(H,70,86)(H,73,83)(H,74,84)/t45-,46-,59-,60-/m0/s1. The SMILES string of the molecule is C[C@@H](Cc1cccc(CC(=O)NCCCN(C)C(=O)CCN2CCC(OC3CCN(CCC(=O)N(C)CCCNC(=O)Cc4cccc(C[C@H](C)NC[C@H](O)c5ccc(O)c6[nH]c(=O)ccc56)c4)CC3)CC2)c1)NC[C@H](O)c1ccc(O)c2[nH]c(=O)ccc12. The lowest BCUT2D eigenvalue weighted by molar-refractivity contribution is -0.131. The summed E-state index contributed by atoms with van der Waals surface area (Å²) in [5, 5.41) is 56.3. The number of rotatable bonds is 32.